The molecule has 26 heavy (non-hydrogen) atoms. The Labute approximate surface area is 150 Å². The molecule has 6 nitrogen and oxygen atoms in total. The monoisotopic (exact) mass is 345 g/mol. The average Bonchev–Trinajstić information content (AvgIpc) is 3.22. The molecule has 0 saturated heterocycles. The summed E-state index contributed by atoms with van der Waals surface area (Å²) in [5, 5.41) is 7.41. The number of benzene rings is 2. The molecule has 1 amide bonds. The number of nitrogens with one attached hydrogen (secondary N) is 2. The molecule has 0 bridgehead atoms. The lowest BCUT2D eigenvalue weighted by molar-refractivity contribution is 0.102. The number of anilines is 1. The number of fused-ring (bicyclic) bond motifs is 1. The molecule has 130 valence electrons. The molecule has 0 aliphatic carbocycles. The Kier molecular flexibility index (Phi) is 4.01. The van der Waals surface area contributed by atoms with Crippen LogP contribution in [0.4, 0.5) is 5.82 Å². The van der Waals surface area contributed by atoms with Crippen LogP contribution < -0.4 is 5.32 Å². The van der Waals surface area contributed by atoms with Gasteiger partial charge in [0.2, 0.25) is 0 Å². The van der Waals surface area contributed by atoms with Gasteiger partial charge in [-0.2, -0.15) is 5.10 Å². The van der Waals surface area contributed by atoms with Gasteiger partial charge in [-0.05, 0) is 37.6 Å². The molecule has 0 spiro atoms. The summed E-state index contributed by atoms with van der Waals surface area (Å²) in [4.78, 5) is 19.9. The highest BCUT2D eigenvalue weighted by Crippen LogP contribution is 2.19. The van der Waals surface area contributed by atoms with Gasteiger partial charge in [-0.3, -0.25) is 4.79 Å². The molecule has 0 fully saturated rings. The summed E-state index contributed by atoms with van der Waals surface area (Å²) in [6.45, 7) is 4.60. The molecule has 0 atom stereocenters. The van der Waals surface area contributed by atoms with E-state index in [1.54, 1.807) is 24.7 Å². The van der Waals surface area contributed by atoms with Crippen molar-refractivity contribution in [1.29, 1.82) is 0 Å². The van der Waals surface area contributed by atoms with E-state index in [-0.39, 0.29) is 5.91 Å². The molecule has 0 unspecified atom stereocenters. The first-order valence-corrected chi connectivity index (χ1v) is 8.42. The fourth-order valence-electron chi connectivity index (χ4n) is 3.00. The average molecular weight is 345 g/mol. The summed E-state index contributed by atoms with van der Waals surface area (Å²) < 4.78 is 1.82. The Bertz CT molecular complexity index is 1090. The van der Waals surface area contributed by atoms with Crippen LogP contribution in [0.3, 0.4) is 0 Å². The lowest BCUT2D eigenvalue weighted by Gasteiger charge is -2.11. The number of H-pyrrole nitrogens is 1. The maximum atomic E-state index is 12.7. The number of carbonyl (C=O) groups is 1. The van der Waals surface area contributed by atoms with Gasteiger partial charge in [-0.15, -0.1) is 0 Å². The van der Waals surface area contributed by atoms with Crippen molar-refractivity contribution in [2.24, 2.45) is 0 Å². The van der Waals surface area contributed by atoms with Crippen molar-refractivity contribution in [2.75, 3.05) is 5.32 Å². The Hall–Kier alpha value is -3.41. The van der Waals surface area contributed by atoms with E-state index in [1.165, 1.54) is 5.56 Å². The van der Waals surface area contributed by atoms with E-state index in [4.69, 9.17) is 0 Å². The number of rotatable bonds is 4. The molecule has 0 aliphatic rings. The van der Waals surface area contributed by atoms with Gasteiger partial charge in [0, 0.05) is 11.1 Å². The highest BCUT2D eigenvalue weighted by atomic mass is 16.1. The lowest BCUT2D eigenvalue weighted by atomic mass is 10.1. The second-order valence-electron chi connectivity index (χ2n) is 6.41. The number of nitrogens with zero attached hydrogens (tertiary/aromatic N) is 3. The lowest BCUT2D eigenvalue weighted by Crippen LogP contribution is -2.17. The maximum Gasteiger partial charge on any atom is 0.256 e. The Morgan fingerprint density at radius 3 is 2.92 bits per heavy atom. The molecule has 0 saturated carbocycles. The van der Waals surface area contributed by atoms with Crippen LogP contribution in [0.5, 0.6) is 0 Å². The molecule has 4 rings (SSSR count). The minimum Gasteiger partial charge on any atom is -0.345 e. The highest BCUT2D eigenvalue weighted by molar-refractivity contribution is 6.05. The number of imidazole rings is 1. The molecular weight excluding hydrogens is 326 g/mol. The molecule has 6 heteroatoms. The fourth-order valence-corrected chi connectivity index (χ4v) is 3.00. The van der Waals surface area contributed by atoms with E-state index in [2.05, 4.69) is 45.5 Å². The third kappa shape index (κ3) is 3.09. The predicted octanol–water partition coefficient (Wildman–Crippen LogP) is 3.68. The normalized spacial score (nSPS) is 11.0. The van der Waals surface area contributed by atoms with Crippen LogP contribution in [-0.2, 0) is 6.54 Å². The second kappa shape index (κ2) is 6.48. The number of aromatic amines is 1. The fraction of sp³-hybridized carbons (Fsp3) is 0.150. The van der Waals surface area contributed by atoms with Crippen molar-refractivity contribution >= 4 is 22.8 Å². The number of aromatic nitrogens is 4. The van der Waals surface area contributed by atoms with Crippen LogP contribution >= 0.6 is 0 Å². The largest absolute Gasteiger partial charge is 0.345 e. The van der Waals surface area contributed by atoms with E-state index < -0.39 is 0 Å². The molecule has 2 aromatic heterocycles. The Balaban J connectivity index is 1.59. The zero-order valence-electron chi connectivity index (χ0n) is 14.7. The third-order valence-electron chi connectivity index (χ3n) is 4.35. The summed E-state index contributed by atoms with van der Waals surface area (Å²) in [5.41, 5.74) is 5.51. The summed E-state index contributed by atoms with van der Waals surface area (Å²) in [7, 11) is 0. The first kappa shape index (κ1) is 16.1. The van der Waals surface area contributed by atoms with Crippen LogP contribution in [0.15, 0.2) is 55.0 Å². The van der Waals surface area contributed by atoms with Crippen molar-refractivity contribution in [1.82, 2.24) is 19.7 Å². The van der Waals surface area contributed by atoms with Crippen molar-refractivity contribution < 1.29 is 4.79 Å². The third-order valence-corrected chi connectivity index (χ3v) is 4.35. The SMILES string of the molecule is Cc1cccc(Cn2ncc(C)c2NC(=O)c2ccc3nc[nH]c3c2)c1. The maximum absolute atomic E-state index is 12.7. The van der Waals surface area contributed by atoms with Crippen LogP contribution in [0.1, 0.15) is 27.0 Å². The van der Waals surface area contributed by atoms with Gasteiger partial charge in [0.15, 0.2) is 0 Å². The van der Waals surface area contributed by atoms with E-state index >= 15 is 0 Å². The predicted molar refractivity (Wildman–Crippen MR) is 101 cm³/mol. The first-order valence-electron chi connectivity index (χ1n) is 8.42. The first-order chi connectivity index (χ1) is 12.6. The summed E-state index contributed by atoms with van der Waals surface area (Å²) in [6.07, 6.45) is 3.39. The Morgan fingerprint density at radius 2 is 2.08 bits per heavy atom. The molecule has 2 N–H and O–H groups in total. The number of carbonyl (C=O) groups excluding carboxylic acids is 1. The molecular formula is C20H19N5O. The second-order valence-corrected chi connectivity index (χ2v) is 6.41. The minimum absolute atomic E-state index is 0.171. The summed E-state index contributed by atoms with van der Waals surface area (Å²) in [5.74, 6) is 0.539. The molecule has 2 aromatic carbocycles. The zero-order valence-corrected chi connectivity index (χ0v) is 14.7. The van der Waals surface area contributed by atoms with Crippen molar-refractivity contribution in [3.8, 4) is 0 Å². The van der Waals surface area contributed by atoms with Gasteiger partial charge in [-0.25, -0.2) is 9.67 Å². The molecule has 0 aliphatic heterocycles. The van der Waals surface area contributed by atoms with Gasteiger partial charge in [0.1, 0.15) is 5.82 Å². The van der Waals surface area contributed by atoms with Gasteiger partial charge >= 0.3 is 0 Å². The highest BCUT2D eigenvalue weighted by Gasteiger charge is 2.14. The standard InChI is InChI=1S/C20H19N5O/c1-13-4-3-5-15(8-13)11-25-19(14(2)10-23-25)24-20(26)16-6-7-17-18(9-16)22-12-21-17/h3-10,12H,11H2,1-2H3,(H,21,22)(H,24,26). The number of hydrogen-bond donors (Lipinski definition) is 2. The summed E-state index contributed by atoms with van der Waals surface area (Å²) >= 11 is 0. The van der Waals surface area contributed by atoms with Crippen LogP contribution in [0.25, 0.3) is 11.0 Å². The minimum atomic E-state index is -0.171. The number of hydrogen-bond acceptors (Lipinski definition) is 3. The summed E-state index contributed by atoms with van der Waals surface area (Å²) in [6, 6.07) is 13.7. The van der Waals surface area contributed by atoms with Crippen LogP contribution in [-0.4, -0.2) is 25.7 Å². The van der Waals surface area contributed by atoms with Crippen molar-refractivity contribution in [2.45, 2.75) is 20.4 Å². The van der Waals surface area contributed by atoms with E-state index in [0.717, 1.165) is 22.2 Å². The van der Waals surface area contributed by atoms with Gasteiger partial charge in [0.05, 0.1) is 30.1 Å². The van der Waals surface area contributed by atoms with Crippen molar-refractivity contribution in [3.05, 3.63) is 77.2 Å². The quantitative estimate of drug-likeness (QED) is 0.592. The van der Waals surface area contributed by atoms with Gasteiger partial charge in [0.25, 0.3) is 5.91 Å². The molecule has 4 aromatic rings. The zero-order chi connectivity index (χ0) is 18.1. The number of amides is 1. The van der Waals surface area contributed by atoms with Crippen LogP contribution in [0, 0.1) is 13.8 Å². The number of aryl methyl sites for hydroxylation is 2. The van der Waals surface area contributed by atoms with E-state index in [9.17, 15) is 4.79 Å². The molecule has 0 radical (unpaired) electrons. The van der Waals surface area contributed by atoms with E-state index in [1.807, 2.05) is 23.7 Å². The topological polar surface area (TPSA) is 75.6 Å². The van der Waals surface area contributed by atoms with Gasteiger partial charge in [-0.1, -0.05) is 29.8 Å². The Morgan fingerprint density at radius 1 is 1.19 bits per heavy atom. The van der Waals surface area contributed by atoms with Crippen LogP contribution in [0.2, 0.25) is 0 Å². The van der Waals surface area contributed by atoms with Crippen molar-refractivity contribution in [3.63, 3.8) is 0 Å². The van der Waals surface area contributed by atoms with Gasteiger partial charge < -0.3 is 10.3 Å². The smallest absolute Gasteiger partial charge is 0.256 e. The molecule has 2 heterocycles. The van der Waals surface area contributed by atoms with E-state index in [0.29, 0.717) is 17.9 Å².